The van der Waals surface area contributed by atoms with Crippen molar-refractivity contribution in [2.24, 2.45) is 5.41 Å². The van der Waals surface area contributed by atoms with Gasteiger partial charge in [0.1, 0.15) is 0 Å². The Hall–Kier alpha value is -2.69. The Kier molecular flexibility index (Phi) is 11.3. The molecule has 0 spiro atoms. The number of aliphatic carboxylic acids is 2. The molecule has 0 radical (unpaired) electrons. The first kappa shape index (κ1) is 30.5. The van der Waals surface area contributed by atoms with Crippen LogP contribution in [0.1, 0.15) is 56.0 Å². The molecule has 0 unspecified atom stereocenters. The Morgan fingerprint density at radius 1 is 1.05 bits per heavy atom. The van der Waals surface area contributed by atoms with Gasteiger partial charge in [0, 0.05) is 12.7 Å². The summed E-state index contributed by atoms with van der Waals surface area (Å²) in [5.74, 6) is -2.03. The number of anilines is 1. The lowest BCUT2D eigenvalue weighted by Gasteiger charge is -2.18. The molecule has 1 aliphatic rings. The molecule has 0 atom stereocenters. The van der Waals surface area contributed by atoms with Gasteiger partial charge in [0.2, 0.25) is 0 Å². The van der Waals surface area contributed by atoms with Crippen molar-refractivity contribution >= 4 is 39.1 Å². The van der Waals surface area contributed by atoms with E-state index >= 15 is 0 Å². The van der Waals surface area contributed by atoms with Gasteiger partial charge in [-0.2, -0.15) is 0 Å². The van der Waals surface area contributed by atoms with Gasteiger partial charge in [-0.15, -0.1) is 0 Å². The normalized spacial score (nSPS) is 13.5. The molecule has 9 nitrogen and oxygen atoms in total. The third-order valence-electron chi connectivity index (χ3n) is 5.41. The summed E-state index contributed by atoms with van der Waals surface area (Å²) in [5, 5.41) is 23.4. The first-order valence-corrected chi connectivity index (χ1v) is 14.3. The molecule has 4 N–H and O–H groups in total. The lowest BCUT2D eigenvalue weighted by Crippen LogP contribution is -2.22. The summed E-state index contributed by atoms with van der Waals surface area (Å²) in [7, 11) is -3.18. The van der Waals surface area contributed by atoms with Crippen LogP contribution in [0.4, 0.5) is 5.69 Å². The number of nitrogens with one attached hydrogen (secondary N) is 2. The van der Waals surface area contributed by atoms with Crippen LogP contribution in [0.5, 0.6) is 0 Å². The van der Waals surface area contributed by atoms with Gasteiger partial charge in [0.15, 0.2) is 9.84 Å². The standard InChI is InChI=1S/C22H30ClN3O2S.C4H6O4/c1-22(2,3)15-29(27,28)14-18-6-4-16(12-25-18)13-26-21-19-9-11-24-10-8-17(19)5-7-20(21)23;5-3(6)1-2-4(7)8/h4-7,12,24,26H,8-11,13-15H2,1-3H3;1-2H2,(H,5,6)(H,7,8). The number of benzene rings is 1. The fourth-order valence-corrected chi connectivity index (χ4v) is 6.21. The summed E-state index contributed by atoms with van der Waals surface area (Å²) >= 11 is 6.47. The van der Waals surface area contributed by atoms with Crippen LogP contribution >= 0.6 is 11.6 Å². The number of carbonyl (C=O) groups is 2. The molecular formula is C26H36ClN3O6S. The van der Waals surface area contributed by atoms with E-state index in [4.69, 9.17) is 21.8 Å². The van der Waals surface area contributed by atoms with Crippen molar-refractivity contribution in [1.29, 1.82) is 0 Å². The van der Waals surface area contributed by atoms with Gasteiger partial charge in [0.25, 0.3) is 0 Å². The van der Waals surface area contributed by atoms with Gasteiger partial charge in [-0.25, -0.2) is 8.42 Å². The number of nitrogens with zero attached hydrogens (tertiary/aromatic N) is 1. The van der Waals surface area contributed by atoms with E-state index in [2.05, 4.69) is 21.7 Å². The van der Waals surface area contributed by atoms with Gasteiger partial charge in [-0.3, -0.25) is 14.6 Å². The molecule has 0 saturated heterocycles. The fraction of sp³-hybridized carbons (Fsp3) is 0.500. The second-order valence-electron chi connectivity index (χ2n) is 10.2. The zero-order chi connectivity index (χ0) is 27.6. The molecule has 0 amide bonds. The molecule has 1 aromatic carbocycles. The SMILES string of the molecule is CC(C)(C)CS(=O)(=O)Cc1ccc(CNc2c(Cl)ccc3c2CCNCC3)cn1.O=C(O)CCC(=O)O. The predicted octanol–water partition coefficient (Wildman–Crippen LogP) is 3.93. The van der Waals surface area contributed by atoms with Crippen molar-refractivity contribution in [2.75, 3.05) is 24.2 Å². The highest BCUT2D eigenvalue weighted by molar-refractivity contribution is 7.90. The van der Waals surface area contributed by atoms with Gasteiger partial charge >= 0.3 is 11.9 Å². The van der Waals surface area contributed by atoms with Gasteiger partial charge in [-0.1, -0.05) is 44.5 Å². The highest BCUT2D eigenvalue weighted by atomic mass is 35.5. The number of carboxylic acids is 2. The van der Waals surface area contributed by atoms with E-state index in [1.807, 2.05) is 32.9 Å². The maximum atomic E-state index is 12.3. The van der Waals surface area contributed by atoms with Crippen molar-refractivity contribution in [3.8, 4) is 0 Å². The summed E-state index contributed by atoms with van der Waals surface area (Å²) in [5.41, 5.74) is 4.91. The van der Waals surface area contributed by atoms with Crippen LogP contribution in [-0.2, 0) is 44.6 Å². The minimum absolute atomic E-state index is 0.0248. The van der Waals surface area contributed by atoms with Crippen molar-refractivity contribution in [1.82, 2.24) is 10.3 Å². The van der Waals surface area contributed by atoms with Crippen LogP contribution < -0.4 is 10.6 Å². The minimum atomic E-state index is -3.18. The molecule has 3 rings (SSSR count). The first-order chi connectivity index (χ1) is 17.3. The summed E-state index contributed by atoms with van der Waals surface area (Å²) in [6, 6.07) is 7.80. The molecule has 11 heteroatoms. The Labute approximate surface area is 223 Å². The summed E-state index contributed by atoms with van der Waals surface area (Å²) in [6.07, 6.45) is 3.10. The number of aromatic nitrogens is 1. The van der Waals surface area contributed by atoms with Crippen molar-refractivity contribution in [2.45, 2.75) is 58.8 Å². The molecular weight excluding hydrogens is 518 g/mol. The van der Waals surface area contributed by atoms with Crippen molar-refractivity contribution < 1.29 is 28.2 Å². The number of sulfone groups is 1. The zero-order valence-corrected chi connectivity index (χ0v) is 23.1. The molecule has 1 aliphatic heterocycles. The zero-order valence-electron chi connectivity index (χ0n) is 21.5. The highest BCUT2D eigenvalue weighted by Crippen LogP contribution is 2.31. The average Bonchev–Trinajstić information content (AvgIpc) is 3.02. The molecule has 0 saturated carbocycles. The lowest BCUT2D eigenvalue weighted by molar-refractivity contribution is -0.143. The fourth-order valence-electron chi connectivity index (χ4n) is 3.92. The van der Waals surface area contributed by atoms with E-state index in [-0.39, 0.29) is 29.8 Å². The Balaban J connectivity index is 0.000000521. The van der Waals surface area contributed by atoms with Crippen LogP contribution in [0.2, 0.25) is 5.02 Å². The Morgan fingerprint density at radius 3 is 2.27 bits per heavy atom. The molecule has 37 heavy (non-hydrogen) atoms. The number of rotatable bonds is 9. The molecule has 0 fully saturated rings. The first-order valence-electron chi connectivity index (χ1n) is 12.1. The van der Waals surface area contributed by atoms with Crippen LogP contribution in [0, 0.1) is 5.41 Å². The second kappa shape index (κ2) is 13.7. The second-order valence-corrected chi connectivity index (χ2v) is 12.7. The highest BCUT2D eigenvalue weighted by Gasteiger charge is 2.22. The number of hydrogen-bond donors (Lipinski definition) is 4. The van der Waals surface area contributed by atoms with E-state index in [0.717, 1.165) is 42.2 Å². The monoisotopic (exact) mass is 553 g/mol. The molecule has 0 bridgehead atoms. The number of fused-ring (bicyclic) bond motifs is 1. The van der Waals surface area contributed by atoms with Crippen LogP contribution in [0.3, 0.4) is 0 Å². The van der Waals surface area contributed by atoms with Gasteiger partial charge < -0.3 is 20.8 Å². The third kappa shape index (κ3) is 11.5. The van der Waals surface area contributed by atoms with Crippen LogP contribution in [-0.4, -0.2) is 54.4 Å². The minimum Gasteiger partial charge on any atom is -0.481 e. The number of hydrogen-bond acceptors (Lipinski definition) is 7. The van der Waals surface area contributed by atoms with E-state index in [0.29, 0.717) is 12.2 Å². The van der Waals surface area contributed by atoms with Crippen molar-refractivity contribution in [3.05, 3.63) is 57.9 Å². The Bertz CT molecular complexity index is 1160. The molecule has 204 valence electrons. The largest absolute Gasteiger partial charge is 0.481 e. The smallest absolute Gasteiger partial charge is 0.303 e. The summed E-state index contributed by atoms with van der Waals surface area (Å²) in [4.78, 5) is 23.6. The number of carboxylic acid groups (broad SMARTS) is 2. The van der Waals surface area contributed by atoms with E-state index in [9.17, 15) is 18.0 Å². The van der Waals surface area contributed by atoms with E-state index in [1.54, 1.807) is 12.3 Å². The molecule has 2 heterocycles. The van der Waals surface area contributed by atoms with Crippen LogP contribution in [0.25, 0.3) is 0 Å². The third-order valence-corrected chi connectivity index (χ3v) is 7.77. The molecule has 2 aromatic rings. The van der Waals surface area contributed by atoms with Gasteiger partial charge in [0.05, 0.1) is 40.8 Å². The van der Waals surface area contributed by atoms with E-state index < -0.39 is 21.8 Å². The number of halogens is 1. The number of pyridine rings is 1. The van der Waals surface area contributed by atoms with Crippen molar-refractivity contribution in [3.63, 3.8) is 0 Å². The quantitative estimate of drug-likeness (QED) is 0.362. The summed E-state index contributed by atoms with van der Waals surface area (Å²) in [6.45, 7) is 8.30. The lowest BCUT2D eigenvalue weighted by atomic mass is 10.0. The van der Waals surface area contributed by atoms with E-state index in [1.165, 1.54) is 11.1 Å². The maximum Gasteiger partial charge on any atom is 0.303 e. The maximum absolute atomic E-state index is 12.3. The summed E-state index contributed by atoms with van der Waals surface area (Å²) < 4.78 is 24.7. The molecule has 0 aliphatic carbocycles. The van der Waals surface area contributed by atoms with Crippen LogP contribution in [0.15, 0.2) is 30.5 Å². The average molecular weight is 554 g/mol. The topological polar surface area (TPSA) is 146 Å². The molecule has 1 aromatic heterocycles. The predicted molar refractivity (Wildman–Crippen MR) is 145 cm³/mol. The Morgan fingerprint density at radius 2 is 1.70 bits per heavy atom. The van der Waals surface area contributed by atoms with Gasteiger partial charge in [-0.05, 0) is 60.2 Å².